The number of carbonyl (C=O) groups excluding carboxylic acids is 1. The first-order chi connectivity index (χ1) is 16.2. The molecule has 2 aromatic heterocycles. The van der Waals surface area contributed by atoms with E-state index in [-0.39, 0.29) is 28.7 Å². The zero-order chi connectivity index (χ0) is 24.2. The summed E-state index contributed by atoms with van der Waals surface area (Å²) in [7, 11) is 3.52. The molecule has 2 saturated carbocycles. The number of aliphatic hydroxyl groups is 1. The Hall–Kier alpha value is -3.22. The number of hydrogen-bond acceptors (Lipinski definition) is 5. The number of hydrogen-bond donors (Lipinski definition) is 2. The number of carbonyl (C=O) groups is 1. The quantitative estimate of drug-likeness (QED) is 0.587. The number of anilines is 1. The summed E-state index contributed by atoms with van der Waals surface area (Å²) in [5, 5.41) is 27.4. The minimum atomic E-state index is -1.01. The lowest BCUT2D eigenvalue weighted by atomic mass is 9.90. The molecule has 5 rings (SSSR count). The van der Waals surface area contributed by atoms with Crippen molar-refractivity contribution in [3.05, 3.63) is 64.2 Å². The number of aryl methyl sites for hydroxylation is 2. The normalized spacial score (nSPS) is 25.8. The lowest BCUT2D eigenvalue weighted by molar-refractivity contribution is 0.0263. The smallest absolute Gasteiger partial charge is 0.274 e. The molecule has 2 heterocycles. The van der Waals surface area contributed by atoms with Gasteiger partial charge in [0, 0.05) is 31.8 Å². The van der Waals surface area contributed by atoms with Crippen LogP contribution in [0.2, 0.25) is 5.02 Å². The van der Waals surface area contributed by atoms with E-state index < -0.39 is 11.4 Å². The average Bonchev–Trinajstić information content (AvgIpc) is 3.52. The molecule has 1 aromatic carbocycles. The summed E-state index contributed by atoms with van der Waals surface area (Å²) in [5.74, 6) is -0.216. The molecule has 2 aliphatic carbocycles. The molecule has 0 aliphatic heterocycles. The molecule has 0 bridgehead atoms. The highest BCUT2D eigenvalue weighted by molar-refractivity contribution is 6.31. The Labute approximate surface area is 201 Å². The third-order valence-corrected chi connectivity index (χ3v) is 7.55. The second-order valence-electron chi connectivity index (χ2n) is 9.45. The first kappa shape index (κ1) is 22.6. The van der Waals surface area contributed by atoms with E-state index in [2.05, 4.69) is 15.4 Å². The van der Waals surface area contributed by atoms with E-state index in [0.717, 1.165) is 18.5 Å². The second kappa shape index (κ2) is 8.22. The van der Waals surface area contributed by atoms with E-state index >= 15 is 0 Å². The maximum atomic E-state index is 13.5. The maximum Gasteiger partial charge on any atom is 0.274 e. The van der Waals surface area contributed by atoms with Gasteiger partial charge in [0.1, 0.15) is 23.2 Å². The predicted octanol–water partition coefficient (Wildman–Crippen LogP) is 3.86. The van der Waals surface area contributed by atoms with Crippen molar-refractivity contribution in [3.8, 4) is 6.07 Å². The molecule has 1 amide bonds. The number of rotatable bonds is 4. The monoisotopic (exact) mass is 482 g/mol. The maximum absolute atomic E-state index is 13.5. The molecule has 0 spiro atoms. The van der Waals surface area contributed by atoms with Crippen LogP contribution >= 0.6 is 11.6 Å². The lowest BCUT2D eigenvalue weighted by Crippen LogP contribution is -2.26. The number of fused-ring (bicyclic) bond motifs is 1. The second-order valence-corrected chi connectivity index (χ2v) is 9.86. The zero-order valence-electron chi connectivity index (χ0n) is 18.8. The van der Waals surface area contributed by atoms with Gasteiger partial charge in [-0.05, 0) is 55.7 Å². The number of imidazole rings is 1. The highest BCUT2D eigenvalue weighted by atomic mass is 35.5. The summed E-state index contributed by atoms with van der Waals surface area (Å²) in [4.78, 5) is 17.6. The van der Waals surface area contributed by atoms with E-state index in [4.69, 9.17) is 16.9 Å². The number of nitrogens with one attached hydrogen (secondary N) is 1. The van der Waals surface area contributed by atoms with Crippen molar-refractivity contribution in [2.24, 2.45) is 25.9 Å². The van der Waals surface area contributed by atoms with E-state index in [9.17, 15) is 14.3 Å². The van der Waals surface area contributed by atoms with Gasteiger partial charge in [-0.15, -0.1) is 0 Å². The molecule has 8 nitrogen and oxygen atoms in total. The molecule has 0 saturated heterocycles. The third-order valence-electron chi connectivity index (χ3n) is 7.26. The Bertz CT molecular complexity index is 1310. The predicted molar refractivity (Wildman–Crippen MR) is 123 cm³/mol. The average molecular weight is 483 g/mol. The van der Waals surface area contributed by atoms with Crippen molar-refractivity contribution in [2.75, 3.05) is 5.32 Å². The Balaban J connectivity index is 1.33. The summed E-state index contributed by atoms with van der Waals surface area (Å²) in [6, 6.07) is 7.75. The van der Waals surface area contributed by atoms with E-state index in [0.29, 0.717) is 35.6 Å². The minimum absolute atomic E-state index is 0.0607. The number of benzene rings is 1. The van der Waals surface area contributed by atoms with Gasteiger partial charge in [0.15, 0.2) is 5.69 Å². The Morgan fingerprint density at radius 1 is 1.29 bits per heavy atom. The molecule has 2 fully saturated rings. The molecule has 3 aromatic rings. The molecule has 176 valence electrons. The van der Waals surface area contributed by atoms with E-state index in [1.165, 1.54) is 18.2 Å². The van der Waals surface area contributed by atoms with Crippen molar-refractivity contribution < 1.29 is 14.3 Å². The van der Waals surface area contributed by atoms with Crippen LogP contribution < -0.4 is 5.32 Å². The summed E-state index contributed by atoms with van der Waals surface area (Å²) < 4.78 is 16.8. The van der Waals surface area contributed by atoms with Crippen LogP contribution in [0.5, 0.6) is 0 Å². The molecular formula is C24H24ClFN6O2. The fourth-order valence-electron chi connectivity index (χ4n) is 5.84. The van der Waals surface area contributed by atoms with Gasteiger partial charge in [-0.1, -0.05) is 11.6 Å². The Morgan fingerprint density at radius 3 is 2.62 bits per heavy atom. The third kappa shape index (κ3) is 3.77. The van der Waals surface area contributed by atoms with Gasteiger partial charge in [0.2, 0.25) is 0 Å². The molecule has 2 N–H and O–H groups in total. The van der Waals surface area contributed by atoms with Crippen LogP contribution in [0.25, 0.3) is 0 Å². The molecule has 10 heteroatoms. The van der Waals surface area contributed by atoms with Crippen LogP contribution in [0.1, 0.15) is 59.2 Å². The van der Waals surface area contributed by atoms with Crippen molar-refractivity contribution in [2.45, 2.75) is 37.2 Å². The van der Waals surface area contributed by atoms with E-state index in [1.807, 2.05) is 6.07 Å². The molecular weight excluding hydrogens is 459 g/mol. The van der Waals surface area contributed by atoms with Gasteiger partial charge in [-0.2, -0.15) is 10.4 Å². The van der Waals surface area contributed by atoms with Gasteiger partial charge >= 0.3 is 0 Å². The summed E-state index contributed by atoms with van der Waals surface area (Å²) in [6.45, 7) is 0. The fraction of sp³-hybridized carbons (Fsp3) is 0.417. The van der Waals surface area contributed by atoms with Crippen molar-refractivity contribution >= 4 is 23.2 Å². The highest BCUT2D eigenvalue weighted by Crippen LogP contribution is 2.56. The topological polar surface area (TPSA) is 109 Å². The van der Waals surface area contributed by atoms with Gasteiger partial charge in [0.25, 0.3) is 5.91 Å². The van der Waals surface area contributed by atoms with Gasteiger partial charge in [0.05, 0.1) is 22.7 Å². The number of aromatic nitrogens is 4. The van der Waals surface area contributed by atoms with Gasteiger partial charge in [-0.3, -0.25) is 9.48 Å². The summed E-state index contributed by atoms with van der Waals surface area (Å²) in [6.07, 6.45) is 4.43. The molecule has 2 unspecified atom stereocenters. The summed E-state index contributed by atoms with van der Waals surface area (Å²) in [5.41, 5.74) is 1.57. The summed E-state index contributed by atoms with van der Waals surface area (Å²) >= 11 is 5.84. The number of halogens is 2. The van der Waals surface area contributed by atoms with Crippen molar-refractivity contribution in [1.29, 1.82) is 5.26 Å². The number of nitriles is 1. The van der Waals surface area contributed by atoms with Crippen molar-refractivity contribution in [3.63, 3.8) is 0 Å². The lowest BCUT2D eigenvalue weighted by Gasteiger charge is -2.24. The van der Waals surface area contributed by atoms with Gasteiger partial charge in [-0.25, -0.2) is 9.37 Å². The Morgan fingerprint density at radius 2 is 2.00 bits per heavy atom. The highest BCUT2D eigenvalue weighted by Gasteiger charge is 2.51. The number of nitrogens with zero attached hydrogens (tertiary/aromatic N) is 5. The zero-order valence-corrected chi connectivity index (χ0v) is 19.6. The van der Waals surface area contributed by atoms with Crippen LogP contribution in [-0.4, -0.2) is 30.3 Å². The van der Waals surface area contributed by atoms with Crippen LogP contribution in [0, 0.1) is 29.0 Å². The van der Waals surface area contributed by atoms with Crippen molar-refractivity contribution in [1.82, 2.24) is 19.3 Å². The molecule has 2 atom stereocenters. The molecule has 34 heavy (non-hydrogen) atoms. The first-order valence-corrected chi connectivity index (χ1v) is 11.5. The standard InChI is InChI=1S/C24H24ClFN6O2/c1-31-12-28-21(22(31)23(33)29-16-3-4-19(26)18(25)7-16)13-5-14-9-24(34,10-15(14)6-13)20-8-17(11-27)30-32(20)2/h3-4,7-8,12-15,34H,5-6,9-10H2,1-2H3,(H,29,33). The van der Waals surface area contributed by atoms with Crippen LogP contribution in [-0.2, 0) is 19.7 Å². The largest absolute Gasteiger partial charge is 0.384 e. The van der Waals surface area contributed by atoms with Gasteiger partial charge < -0.3 is 15.0 Å². The number of amides is 1. The minimum Gasteiger partial charge on any atom is -0.384 e. The molecule has 2 aliphatic rings. The first-order valence-electron chi connectivity index (χ1n) is 11.1. The SMILES string of the molecule is Cn1cnc(C2CC3CC(O)(c4cc(C#N)nn4C)CC3C2)c1C(=O)Nc1ccc(F)c(Cl)c1. The van der Waals surface area contributed by atoms with Crippen LogP contribution in [0.15, 0.2) is 30.6 Å². The van der Waals surface area contributed by atoms with Crippen LogP contribution in [0.4, 0.5) is 10.1 Å². The fourth-order valence-corrected chi connectivity index (χ4v) is 6.02. The van der Waals surface area contributed by atoms with Crippen LogP contribution in [0.3, 0.4) is 0 Å². The molecule has 0 radical (unpaired) electrons. The Kier molecular flexibility index (Phi) is 5.46. The van der Waals surface area contributed by atoms with E-state index in [1.54, 1.807) is 35.7 Å².